The molecule has 0 bridgehead atoms. The van der Waals surface area contributed by atoms with Crippen molar-refractivity contribution < 1.29 is 0 Å². The van der Waals surface area contributed by atoms with Gasteiger partial charge in [0.05, 0.1) is 22.1 Å². The van der Waals surface area contributed by atoms with E-state index in [4.69, 9.17) is 0 Å². The molecule has 2 heteroatoms. The van der Waals surface area contributed by atoms with Gasteiger partial charge >= 0.3 is 0 Å². The smallest absolute Gasteiger partial charge is 0.0547 e. The van der Waals surface area contributed by atoms with Gasteiger partial charge in [-0.25, -0.2) is 0 Å². The Morgan fingerprint density at radius 1 is 0.295 bits per heavy atom. The minimum atomic E-state index is 1.16. The van der Waals surface area contributed by atoms with Gasteiger partial charge in [-0.15, -0.1) is 0 Å². The van der Waals surface area contributed by atoms with Crippen molar-refractivity contribution in [3.63, 3.8) is 0 Å². The van der Waals surface area contributed by atoms with Crippen LogP contribution in [-0.4, -0.2) is 9.13 Å². The summed E-state index contributed by atoms with van der Waals surface area (Å²) < 4.78 is 4.78. The maximum Gasteiger partial charge on any atom is 0.0547 e. The number of benzene rings is 7. The number of rotatable bonds is 4. The molecule has 0 N–H and O–H groups in total. The number of nitrogens with zero attached hydrogens (tertiary/aromatic N) is 2. The van der Waals surface area contributed by atoms with E-state index in [1.54, 1.807) is 0 Å². The van der Waals surface area contributed by atoms with E-state index in [1.807, 2.05) is 0 Å². The van der Waals surface area contributed by atoms with Crippen LogP contribution in [0.25, 0.3) is 77.2 Å². The van der Waals surface area contributed by atoms with Gasteiger partial charge in [0.2, 0.25) is 0 Å². The van der Waals surface area contributed by atoms with Crippen molar-refractivity contribution in [3.8, 4) is 33.6 Å². The van der Waals surface area contributed by atoms with E-state index in [-0.39, 0.29) is 0 Å². The molecule has 9 rings (SSSR count). The summed E-state index contributed by atoms with van der Waals surface area (Å²) in [5.41, 5.74) is 12.1. The fourth-order valence-corrected chi connectivity index (χ4v) is 6.97. The molecule has 44 heavy (non-hydrogen) atoms. The monoisotopic (exact) mass is 560 g/mol. The molecule has 2 heterocycles. The molecular formula is C42H28N2. The van der Waals surface area contributed by atoms with Crippen LogP contribution in [0.3, 0.4) is 0 Å². The summed E-state index contributed by atoms with van der Waals surface area (Å²) in [6.45, 7) is 0. The standard InChI is InChI=1S/C42H28N2/c1-3-12-29(13-4-1)30-22-25-33(26-23-30)44-39-20-10-8-17-36(39)42-34(18-11-21-41(42)44)31-24-27-40-37(28-31)35-16-7-9-19-38(35)43(40)32-14-5-2-6-15-32/h1-28H. The number of hydrogen-bond donors (Lipinski definition) is 0. The minimum Gasteiger partial charge on any atom is -0.309 e. The quantitative estimate of drug-likeness (QED) is 0.203. The molecule has 7 aromatic carbocycles. The second-order valence-electron chi connectivity index (χ2n) is 11.4. The zero-order valence-corrected chi connectivity index (χ0v) is 24.1. The van der Waals surface area contributed by atoms with Gasteiger partial charge in [0, 0.05) is 32.9 Å². The summed E-state index contributed by atoms with van der Waals surface area (Å²) in [6, 6.07) is 61.4. The Kier molecular flexibility index (Phi) is 5.54. The van der Waals surface area contributed by atoms with E-state index in [0.717, 1.165) is 5.69 Å². The molecule has 0 atom stereocenters. The largest absolute Gasteiger partial charge is 0.309 e. The molecule has 0 radical (unpaired) electrons. The molecule has 9 aromatic rings. The minimum absolute atomic E-state index is 1.16. The predicted octanol–water partition coefficient (Wildman–Crippen LogP) is 11.2. The normalized spacial score (nSPS) is 11.6. The highest BCUT2D eigenvalue weighted by molar-refractivity contribution is 6.17. The van der Waals surface area contributed by atoms with Crippen LogP contribution >= 0.6 is 0 Å². The molecule has 0 spiro atoms. The molecule has 0 aliphatic carbocycles. The summed E-state index contributed by atoms with van der Waals surface area (Å²) in [5, 5.41) is 5.07. The molecule has 0 saturated carbocycles. The molecule has 0 fully saturated rings. The van der Waals surface area contributed by atoms with Crippen molar-refractivity contribution >= 4 is 43.6 Å². The molecule has 0 aliphatic rings. The molecule has 2 nitrogen and oxygen atoms in total. The van der Waals surface area contributed by atoms with Crippen LogP contribution in [0, 0.1) is 0 Å². The first-order valence-corrected chi connectivity index (χ1v) is 15.1. The van der Waals surface area contributed by atoms with Gasteiger partial charge in [-0.1, -0.05) is 115 Å². The first kappa shape index (κ1) is 24.7. The first-order chi connectivity index (χ1) is 21.8. The van der Waals surface area contributed by atoms with E-state index < -0.39 is 0 Å². The van der Waals surface area contributed by atoms with E-state index in [0.29, 0.717) is 0 Å². The average Bonchev–Trinajstić information content (AvgIpc) is 3.62. The van der Waals surface area contributed by atoms with Gasteiger partial charge in [0.15, 0.2) is 0 Å². The van der Waals surface area contributed by atoms with Crippen molar-refractivity contribution in [3.05, 3.63) is 170 Å². The van der Waals surface area contributed by atoms with Gasteiger partial charge in [-0.2, -0.15) is 0 Å². The summed E-state index contributed by atoms with van der Waals surface area (Å²) >= 11 is 0. The fourth-order valence-electron chi connectivity index (χ4n) is 6.97. The third-order valence-electron chi connectivity index (χ3n) is 8.93. The van der Waals surface area contributed by atoms with Gasteiger partial charge in [-0.3, -0.25) is 0 Å². The Morgan fingerprint density at radius 3 is 1.59 bits per heavy atom. The lowest BCUT2D eigenvalue weighted by Gasteiger charge is -2.11. The summed E-state index contributed by atoms with van der Waals surface area (Å²) in [6.07, 6.45) is 0. The second-order valence-corrected chi connectivity index (χ2v) is 11.4. The summed E-state index contributed by atoms with van der Waals surface area (Å²) in [5.74, 6) is 0. The molecule has 0 saturated heterocycles. The van der Waals surface area contributed by atoms with E-state index >= 15 is 0 Å². The van der Waals surface area contributed by atoms with Crippen molar-refractivity contribution in [2.45, 2.75) is 0 Å². The van der Waals surface area contributed by atoms with Crippen molar-refractivity contribution in [2.24, 2.45) is 0 Å². The molecule has 0 aliphatic heterocycles. The highest BCUT2D eigenvalue weighted by Crippen LogP contribution is 2.41. The number of aromatic nitrogens is 2. The van der Waals surface area contributed by atoms with Gasteiger partial charge in [0.25, 0.3) is 0 Å². The number of para-hydroxylation sites is 3. The van der Waals surface area contributed by atoms with E-state index in [2.05, 4.69) is 179 Å². The highest BCUT2D eigenvalue weighted by Gasteiger charge is 2.18. The Hall–Kier alpha value is -5.86. The van der Waals surface area contributed by atoms with Crippen LogP contribution in [0.1, 0.15) is 0 Å². The van der Waals surface area contributed by atoms with E-state index in [9.17, 15) is 0 Å². The van der Waals surface area contributed by atoms with Crippen LogP contribution in [0.4, 0.5) is 0 Å². The van der Waals surface area contributed by atoms with Gasteiger partial charge in [0.1, 0.15) is 0 Å². The van der Waals surface area contributed by atoms with Crippen LogP contribution in [-0.2, 0) is 0 Å². The van der Waals surface area contributed by atoms with Crippen LogP contribution in [0.5, 0.6) is 0 Å². The SMILES string of the molecule is c1ccc(-c2ccc(-n3c4ccccc4c4c(-c5ccc6c(c5)c5ccccc5n6-c5ccccc5)cccc43)cc2)cc1. The Labute approximate surface area is 255 Å². The Bertz CT molecular complexity index is 2460. The number of fused-ring (bicyclic) bond motifs is 6. The van der Waals surface area contributed by atoms with Crippen LogP contribution in [0.2, 0.25) is 0 Å². The maximum atomic E-state index is 2.41. The van der Waals surface area contributed by atoms with Crippen molar-refractivity contribution in [1.82, 2.24) is 9.13 Å². The third kappa shape index (κ3) is 3.75. The Balaban J connectivity index is 1.26. The van der Waals surface area contributed by atoms with Crippen LogP contribution < -0.4 is 0 Å². The van der Waals surface area contributed by atoms with Crippen LogP contribution in [0.15, 0.2) is 170 Å². The van der Waals surface area contributed by atoms with E-state index in [1.165, 1.54) is 71.6 Å². The highest BCUT2D eigenvalue weighted by atomic mass is 15.0. The molecular weight excluding hydrogens is 532 g/mol. The predicted molar refractivity (Wildman–Crippen MR) is 186 cm³/mol. The third-order valence-corrected chi connectivity index (χ3v) is 8.93. The Morgan fingerprint density at radius 2 is 0.818 bits per heavy atom. The molecule has 2 aromatic heterocycles. The lowest BCUT2D eigenvalue weighted by atomic mass is 9.98. The first-order valence-electron chi connectivity index (χ1n) is 15.1. The molecule has 206 valence electrons. The average molecular weight is 561 g/mol. The maximum absolute atomic E-state index is 2.41. The topological polar surface area (TPSA) is 9.86 Å². The van der Waals surface area contributed by atoms with Gasteiger partial charge in [-0.05, 0) is 76.9 Å². The van der Waals surface area contributed by atoms with Gasteiger partial charge < -0.3 is 9.13 Å². The summed E-state index contributed by atoms with van der Waals surface area (Å²) in [7, 11) is 0. The summed E-state index contributed by atoms with van der Waals surface area (Å²) in [4.78, 5) is 0. The molecule has 0 amide bonds. The second kappa shape index (κ2) is 9.86. The fraction of sp³-hybridized carbons (Fsp3) is 0. The molecule has 0 unspecified atom stereocenters. The zero-order chi connectivity index (χ0) is 29.0. The lowest BCUT2D eigenvalue weighted by molar-refractivity contribution is 1.18. The number of hydrogen-bond acceptors (Lipinski definition) is 0. The van der Waals surface area contributed by atoms with Crippen molar-refractivity contribution in [1.29, 1.82) is 0 Å². The lowest BCUT2D eigenvalue weighted by Crippen LogP contribution is -1.94. The zero-order valence-electron chi connectivity index (χ0n) is 24.1. The van der Waals surface area contributed by atoms with Crippen molar-refractivity contribution in [2.75, 3.05) is 0 Å².